The molecule has 2 aromatic rings. The number of hydrogen-bond acceptors (Lipinski definition) is 4. The van der Waals surface area contributed by atoms with Crippen LogP contribution in [0.2, 0.25) is 0 Å². The molecule has 0 spiro atoms. The quantitative estimate of drug-likeness (QED) is 0.772. The van der Waals surface area contributed by atoms with Crippen molar-refractivity contribution in [2.24, 2.45) is 5.73 Å². The summed E-state index contributed by atoms with van der Waals surface area (Å²) < 4.78 is 0. The lowest BCUT2D eigenvalue weighted by atomic mass is 9.92. The molecule has 5 heteroatoms. The normalized spacial score (nSPS) is 13.8. The van der Waals surface area contributed by atoms with Crippen LogP contribution in [0.1, 0.15) is 25.2 Å². The number of hydrogen-bond donors (Lipinski definition) is 3. The van der Waals surface area contributed by atoms with Crippen LogP contribution < -0.4 is 16.6 Å². The van der Waals surface area contributed by atoms with Gasteiger partial charge < -0.3 is 16.0 Å². The van der Waals surface area contributed by atoms with Crippen molar-refractivity contribution in [3.63, 3.8) is 0 Å². The van der Waals surface area contributed by atoms with Crippen LogP contribution in [0.3, 0.4) is 0 Å². The minimum atomic E-state index is -0.465. The zero-order valence-corrected chi connectivity index (χ0v) is 11.8. The van der Waals surface area contributed by atoms with Gasteiger partial charge in [0.25, 0.3) is 5.56 Å². The van der Waals surface area contributed by atoms with Gasteiger partial charge in [0, 0.05) is 19.0 Å². The molecule has 0 radical (unpaired) electrons. The molecular weight excluding hydrogens is 252 g/mol. The molecular formula is C15H20N4O. The van der Waals surface area contributed by atoms with Crippen LogP contribution in [0.25, 0.3) is 0 Å². The number of benzene rings is 1. The van der Waals surface area contributed by atoms with E-state index < -0.39 is 5.54 Å². The summed E-state index contributed by atoms with van der Waals surface area (Å²) in [5, 5.41) is 3.28. The van der Waals surface area contributed by atoms with Gasteiger partial charge in [-0.1, -0.05) is 37.3 Å². The zero-order valence-electron chi connectivity index (χ0n) is 11.8. The first-order chi connectivity index (χ1) is 9.57. The predicted molar refractivity (Wildman–Crippen MR) is 80.7 cm³/mol. The fourth-order valence-electron chi connectivity index (χ4n) is 2.07. The highest BCUT2D eigenvalue weighted by atomic mass is 16.1. The van der Waals surface area contributed by atoms with Gasteiger partial charge in [-0.3, -0.25) is 4.79 Å². The van der Waals surface area contributed by atoms with Crippen molar-refractivity contribution in [3.05, 3.63) is 58.1 Å². The van der Waals surface area contributed by atoms with E-state index in [0.717, 1.165) is 5.56 Å². The summed E-state index contributed by atoms with van der Waals surface area (Å²) in [6, 6.07) is 11.4. The van der Waals surface area contributed by atoms with Crippen LogP contribution in [0.5, 0.6) is 0 Å². The lowest BCUT2D eigenvalue weighted by Gasteiger charge is -2.30. The summed E-state index contributed by atoms with van der Waals surface area (Å²) in [6.07, 6.45) is 0.676. The average Bonchev–Trinajstić information content (AvgIpc) is 2.47. The summed E-state index contributed by atoms with van der Waals surface area (Å²) in [5.74, 6) is 1.20. The molecule has 1 aromatic carbocycles. The molecule has 2 rings (SSSR count). The molecule has 5 nitrogen and oxygen atoms in total. The lowest BCUT2D eigenvalue weighted by molar-refractivity contribution is 0.553. The van der Waals surface area contributed by atoms with Gasteiger partial charge in [-0.15, -0.1) is 0 Å². The van der Waals surface area contributed by atoms with E-state index in [2.05, 4.69) is 15.3 Å². The fourth-order valence-corrected chi connectivity index (χ4v) is 2.07. The van der Waals surface area contributed by atoms with Gasteiger partial charge in [-0.25, -0.2) is 4.98 Å². The number of H-pyrrole nitrogens is 1. The second kappa shape index (κ2) is 5.88. The van der Waals surface area contributed by atoms with E-state index in [9.17, 15) is 4.79 Å². The number of aromatic nitrogens is 2. The SMILES string of the molecule is CCc1nc(NC(C)(CN)c2ccccc2)cc(=O)[nH]1. The van der Waals surface area contributed by atoms with Gasteiger partial charge in [-0.2, -0.15) is 0 Å². The highest BCUT2D eigenvalue weighted by Gasteiger charge is 2.25. The van der Waals surface area contributed by atoms with Crippen molar-refractivity contribution in [1.82, 2.24) is 9.97 Å². The highest BCUT2D eigenvalue weighted by Crippen LogP contribution is 2.23. The molecule has 0 amide bonds. The smallest absolute Gasteiger partial charge is 0.252 e. The van der Waals surface area contributed by atoms with Crippen LogP contribution in [-0.4, -0.2) is 16.5 Å². The molecule has 0 saturated carbocycles. The van der Waals surface area contributed by atoms with E-state index >= 15 is 0 Å². The average molecular weight is 272 g/mol. The van der Waals surface area contributed by atoms with Crippen molar-refractivity contribution in [3.8, 4) is 0 Å². The van der Waals surface area contributed by atoms with E-state index in [4.69, 9.17) is 5.73 Å². The highest BCUT2D eigenvalue weighted by molar-refractivity contribution is 5.41. The number of nitrogens with one attached hydrogen (secondary N) is 2. The Balaban J connectivity index is 2.35. The summed E-state index contributed by atoms with van der Waals surface area (Å²) >= 11 is 0. The van der Waals surface area contributed by atoms with Gasteiger partial charge >= 0.3 is 0 Å². The molecule has 0 saturated heterocycles. The van der Waals surface area contributed by atoms with Gasteiger partial charge in [-0.05, 0) is 12.5 Å². The van der Waals surface area contributed by atoms with Crippen LogP contribution in [0.4, 0.5) is 5.82 Å². The summed E-state index contributed by atoms with van der Waals surface area (Å²) in [7, 11) is 0. The molecule has 20 heavy (non-hydrogen) atoms. The van der Waals surface area contributed by atoms with E-state index in [1.54, 1.807) is 0 Å². The minimum Gasteiger partial charge on any atom is -0.359 e. The molecule has 1 unspecified atom stereocenters. The van der Waals surface area contributed by atoms with E-state index in [0.29, 0.717) is 24.6 Å². The minimum absolute atomic E-state index is 0.160. The first kappa shape index (κ1) is 14.3. The van der Waals surface area contributed by atoms with Gasteiger partial charge in [0.15, 0.2) is 0 Å². The molecule has 0 aliphatic heterocycles. The topological polar surface area (TPSA) is 83.8 Å². The van der Waals surface area contributed by atoms with Crippen molar-refractivity contribution in [2.45, 2.75) is 25.8 Å². The number of nitrogens with zero attached hydrogens (tertiary/aromatic N) is 1. The Bertz CT molecular complexity index is 623. The molecule has 1 heterocycles. The standard InChI is InChI=1S/C15H20N4O/c1-3-12-17-13(9-14(20)18-12)19-15(2,10-16)11-7-5-4-6-8-11/h4-9H,3,10,16H2,1-2H3,(H2,17,18,19,20). The monoisotopic (exact) mass is 272 g/mol. The lowest BCUT2D eigenvalue weighted by Crippen LogP contribution is -2.40. The van der Waals surface area contributed by atoms with Gasteiger partial charge in [0.2, 0.25) is 0 Å². The third-order valence-corrected chi connectivity index (χ3v) is 3.35. The van der Waals surface area contributed by atoms with Crippen molar-refractivity contribution >= 4 is 5.82 Å². The van der Waals surface area contributed by atoms with E-state index in [1.807, 2.05) is 44.2 Å². The first-order valence-corrected chi connectivity index (χ1v) is 6.71. The van der Waals surface area contributed by atoms with Crippen molar-refractivity contribution < 1.29 is 0 Å². The summed E-state index contributed by atoms with van der Waals surface area (Å²) in [6.45, 7) is 4.34. The molecule has 0 bridgehead atoms. The third-order valence-electron chi connectivity index (χ3n) is 3.35. The molecule has 1 atom stereocenters. The van der Waals surface area contributed by atoms with Crippen LogP contribution in [0.15, 0.2) is 41.2 Å². The number of rotatable bonds is 5. The molecule has 1 aromatic heterocycles. The maximum atomic E-state index is 11.6. The molecule has 0 aliphatic carbocycles. The Kier molecular flexibility index (Phi) is 4.20. The second-order valence-corrected chi connectivity index (χ2v) is 4.96. The van der Waals surface area contributed by atoms with Gasteiger partial charge in [0.05, 0.1) is 5.54 Å². The zero-order chi connectivity index (χ0) is 14.6. The number of nitrogens with two attached hydrogens (primary N) is 1. The number of aryl methyl sites for hydroxylation is 1. The van der Waals surface area contributed by atoms with Gasteiger partial charge in [0.1, 0.15) is 11.6 Å². The number of anilines is 1. The maximum absolute atomic E-state index is 11.6. The molecule has 106 valence electrons. The summed E-state index contributed by atoms with van der Waals surface area (Å²) in [5.41, 5.74) is 6.35. The van der Waals surface area contributed by atoms with Crippen molar-refractivity contribution in [1.29, 1.82) is 0 Å². The largest absolute Gasteiger partial charge is 0.359 e. The number of aromatic amines is 1. The van der Waals surface area contributed by atoms with E-state index in [1.165, 1.54) is 6.07 Å². The van der Waals surface area contributed by atoms with Crippen LogP contribution in [-0.2, 0) is 12.0 Å². The Morgan fingerprint density at radius 2 is 2.05 bits per heavy atom. The first-order valence-electron chi connectivity index (χ1n) is 6.71. The summed E-state index contributed by atoms with van der Waals surface area (Å²) in [4.78, 5) is 18.7. The van der Waals surface area contributed by atoms with E-state index in [-0.39, 0.29) is 5.56 Å². The van der Waals surface area contributed by atoms with Crippen molar-refractivity contribution in [2.75, 3.05) is 11.9 Å². The Labute approximate surface area is 118 Å². The fraction of sp³-hybridized carbons (Fsp3) is 0.333. The van der Waals surface area contributed by atoms with Crippen LogP contribution in [0, 0.1) is 0 Å². The Morgan fingerprint density at radius 1 is 1.35 bits per heavy atom. The molecule has 0 aliphatic rings. The predicted octanol–water partition coefficient (Wildman–Crippen LogP) is 1.62. The van der Waals surface area contributed by atoms with Crippen LogP contribution >= 0.6 is 0 Å². The third kappa shape index (κ3) is 3.05. The maximum Gasteiger partial charge on any atom is 0.252 e. The molecule has 4 N–H and O–H groups in total. The Hall–Kier alpha value is -2.14. The Morgan fingerprint density at radius 3 is 2.65 bits per heavy atom. The second-order valence-electron chi connectivity index (χ2n) is 4.96. The molecule has 0 fully saturated rings.